The Morgan fingerprint density at radius 3 is 2.63 bits per heavy atom. The SMILES string of the molecule is Cn1nc(C(=O)Nc2ccccc2)c2c1CCN(C(=O)Nc1ccc(Br)cc1F)C2. The second-order valence-electron chi connectivity index (χ2n) is 6.94. The number of hydrogen-bond donors (Lipinski definition) is 2. The highest BCUT2D eigenvalue weighted by Gasteiger charge is 2.29. The predicted octanol–water partition coefficient (Wildman–Crippen LogP) is 4.16. The van der Waals surface area contributed by atoms with Gasteiger partial charge >= 0.3 is 6.03 Å². The Bertz CT molecular complexity index is 1120. The zero-order chi connectivity index (χ0) is 21.3. The number of aryl methyl sites for hydroxylation is 1. The van der Waals surface area contributed by atoms with E-state index in [0.717, 1.165) is 5.69 Å². The molecule has 30 heavy (non-hydrogen) atoms. The van der Waals surface area contributed by atoms with Crippen LogP contribution < -0.4 is 10.6 Å². The van der Waals surface area contributed by atoms with Gasteiger partial charge in [0.1, 0.15) is 5.82 Å². The number of aromatic nitrogens is 2. The summed E-state index contributed by atoms with van der Waals surface area (Å²) < 4.78 is 16.3. The summed E-state index contributed by atoms with van der Waals surface area (Å²) in [4.78, 5) is 27.0. The molecule has 0 spiro atoms. The van der Waals surface area contributed by atoms with E-state index in [-0.39, 0.29) is 23.8 Å². The number of nitrogens with one attached hydrogen (secondary N) is 2. The minimum atomic E-state index is -0.528. The van der Waals surface area contributed by atoms with Gasteiger partial charge in [-0.3, -0.25) is 9.48 Å². The van der Waals surface area contributed by atoms with Crippen molar-refractivity contribution in [1.29, 1.82) is 0 Å². The number of carbonyl (C=O) groups is 2. The van der Waals surface area contributed by atoms with Crippen LogP contribution >= 0.6 is 15.9 Å². The summed E-state index contributed by atoms with van der Waals surface area (Å²) in [5, 5.41) is 9.80. The Morgan fingerprint density at radius 2 is 1.90 bits per heavy atom. The molecule has 0 fully saturated rings. The number of carbonyl (C=O) groups excluding carboxylic acids is 2. The number of urea groups is 1. The van der Waals surface area contributed by atoms with E-state index in [1.165, 1.54) is 12.1 Å². The molecular weight excluding hydrogens is 453 g/mol. The fourth-order valence-electron chi connectivity index (χ4n) is 3.45. The molecule has 2 heterocycles. The van der Waals surface area contributed by atoms with Crippen molar-refractivity contribution in [3.8, 4) is 0 Å². The van der Waals surface area contributed by atoms with Gasteiger partial charge in [0.05, 0.1) is 12.2 Å². The highest BCUT2D eigenvalue weighted by molar-refractivity contribution is 9.10. The number of anilines is 2. The lowest BCUT2D eigenvalue weighted by Crippen LogP contribution is -2.39. The molecule has 0 unspecified atom stereocenters. The van der Waals surface area contributed by atoms with Crippen molar-refractivity contribution in [1.82, 2.24) is 14.7 Å². The van der Waals surface area contributed by atoms with Crippen molar-refractivity contribution < 1.29 is 14.0 Å². The van der Waals surface area contributed by atoms with Gasteiger partial charge in [0.25, 0.3) is 5.91 Å². The largest absolute Gasteiger partial charge is 0.322 e. The highest BCUT2D eigenvalue weighted by atomic mass is 79.9. The molecule has 3 aromatic rings. The van der Waals surface area contributed by atoms with Gasteiger partial charge in [-0.2, -0.15) is 5.10 Å². The van der Waals surface area contributed by atoms with Crippen LogP contribution in [0.25, 0.3) is 0 Å². The van der Waals surface area contributed by atoms with Crippen LogP contribution in [0.4, 0.5) is 20.6 Å². The Kier molecular flexibility index (Phi) is 5.54. The summed E-state index contributed by atoms with van der Waals surface area (Å²) in [6.07, 6.45) is 0.549. The van der Waals surface area contributed by atoms with E-state index in [0.29, 0.717) is 28.7 Å². The number of hydrogen-bond acceptors (Lipinski definition) is 3. The molecule has 1 aliphatic heterocycles. The van der Waals surface area contributed by atoms with E-state index in [9.17, 15) is 14.0 Å². The predicted molar refractivity (Wildman–Crippen MR) is 115 cm³/mol. The number of nitrogens with zero attached hydrogens (tertiary/aromatic N) is 3. The third-order valence-corrected chi connectivity index (χ3v) is 5.44. The van der Waals surface area contributed by atoms with Crippen LogP contribution in [-0.4, -0.2) is 33.2 Å². The van der Waals surface area contributed by atoms with Crippen molar-refractivity contribution in [3.63, 3.8) is 0 Å². The topological polar surface area (TPSA) is 79.3 Å². The molecule has 0 radical (unpaired) electrons. The van der Waals surface area contributed by atoms with E-state index >= 15 is 0 Å². The molecule has 4 rings (SSSR count). The number of halogens is 2. The average Bonchev–Trinajstić information content (AvgIpc) is 3.07. The molecular formula is C21H19BrFN5O2. The summed E-state index contributed by atoms with van der Waals surface area (Å²) in [5.41, 5.74) is 2.65. The average molecular weight is 472 g/mol. The van der Waals surface area contributed by atoms with Gasteiger partial charge < -0.3 is 15.5 Å². The molecule has 1 aromatic heterocycles. The minimum Gasteiger partial charge on any atom is -0.321 e. The van der Waals surface area contributed by atoms with Gasteiger partial charge in [-0.15, -0.1) is 0 Å². The van der Waals surface area contributed by atoms with Gasteiger partial charge in [-0.1, -0.05) is 34.1 Å². The van der Waals surface area contributed by atoms with Crippen molar-refractivity contribution in [3.05, 3.63) is 75.8 Å². The van der Waals surface area contributed by atoms with Crippen LogP contribution in [-0.2, 0) is 20.0 Å². The third-order valence-electron chi connectivity index (χ3n) is 4.95. The lowest BCUT2D eigenvalue weighted by molar-refractivity contribution is 0.101. The smallest absolute Gasteiger partial charge is 0.321 e. The van der Waals surface area contributed by atoms with E-state index in [1.54, 1.807) is 34.8 Å². The van der Waals surface area contributed by atoms with Crippen LogP contribution in [0.3, 0.4) is 0 Å². The standard InChI is InChI=1S/C21H19BrFN5O2/c1-27-18-9-10-28(21(30)25-17-8-7-13(22)11-16(17)23)12-15(18)19(26-27)20(29)24-14-5-3-2-4-6-14/h2-8,11H,9-10,12H2,1H3,(H,24,29)(H,25,30). The maximum absolute atomic E-state index is 14.1. The highest BCUT2D eigenvalue weighted by Crippen LogP contribution is 2.25. The second kappa shape index (κ2) is 8.27. The first-order valence-corrected chi connectivity index (χ1v) is 10.1. The zero-order valence-electron chi connectivity index (χ0n) is 16.2. The van der Waals surface area contributed by atoms with Gasteiger partial charge in [0.15, 0.2) is 5.69 Å². The van der Waals surface area contributed by atoms with E-state index in [1.807, 2.05) is 18.2 Å². The molecule has 0 bridgehead atoms. The Morgan fingerprint density at radius 1 is 1.13 bits per heavy atom. The van der Waals surface area contributed by atoms with Crippen molar-refractivity contribution in [2.24, 2.45) is 7.05 Å². The molecule has 9 heteroatoms. The van der Waals surface area contributed by atoms with Gasteiger partial charge in [0.2, 0.25) is 0 Å². The summed E-state index contributed by atoms with van der Waals surface area (Å²) in [6.45, 7) is 0.654. The molecule has 0 saturated carbocycles. The van der Waals surface area contributed by atoms with Crippen LogP contribution in [0, 0.1) is 5.82 Å². The Labute approximate surface area is 181 Å². The Hall–Kier alpha value is -3.20. The minimum absolute atomic E-state index is 0.0993. The normalized spacial score (nSPS) is 13.0. The van der Waals surface area contributed by atoms with Crippen molar-refractivity contribution in [2.75, 3.05) is 17.2 Å². The molecule has 2 aromatic carbocycles. The van der Waals surface area contributed by atoms with Gasteiger partial charge in [0, 0.05) is 41.4 Å². The van der Waals surface area contributed by atoms with Crippen LogP contribution in [0.15, 0.2) is 53.0 Å². The first-order chi connectivity index (χ1) is 14.4. The van der Waals surface area contributed by atoms with Crippen LogP contribution in [0.2, 0.25) is 0 Å². The number of para-hydroxylation sites is 1. The van der Waals surface area contributed by atoms with Crippen LogP contribution in [0.5, 0.6) is 0 Å². The maximum Gasteiger partial charge on any atom is 0.322 e. The Balaban J connectivity index is 1.52. The lowest BCUT2D eigenvalue weighted by Gasteiger charge is -2.27. The van der Waals surface area contributed by atoms with E-state index < -0.39 is 11.8 Å². The maximum atomic E-state index is 14.1. The zero-order valence-corrected chi connectivity index (χ0v) is 17.7. The van der Waals surface area contributed by atoms with E-state index in [4.69, 9.17) is 0 Å². The lowest BCUT2D eigenvalue weighted by atomic mass is 10.0. The third kappa shape index (κ3) is 4.06. The first-order valence-electron chi connectivity index (χ1n) is 9.34. The van der Waals surface area contributed by atoms with Crippen LogP contribution in [0.1, 0.15) is 21.7 Å². The summed E-state index contributed by atoms with van der Waals surface area (Å²) in [6, 6.07) is 13.1. The molecule has 0 saturated heterocycles. The van der Waals surface area contributed by atoms with Crippen molar-refractivity contribution >= 4 is 39.2 Å². The molecule has 0 aliphatic carbocycles. The molecule has 154 valence electrons. The number of benzene rings is 2. The summed E-state index contributed by atoms with van der Waals surface area (Å²) in [5.74, 6) is -0.862. The first kappa shape index (κ1) is 20.1. The molecule has 1 aliphatic rings. The molecule has 2 N–H and O–H groups in total. The van der Waals surface area contributed by atoms with Crippen molar-refractivity contribution in [2.45, 2.75) is 13.0 Å². The quantitative estimate of drug-likeness (QED) is 0.601. The monoisotopic (exact) mass is 471 g/mol. The summed E-state index contributed by atoms with van der Waals surface area (Å²) >= 11 is 3.19. The van der Waals surface area contributed by atoms with E-state index in [2.05, 4.69) is 31.7 Å². The number of fused-ring (bicyclic) bond motifs is 1. The fraction of sp³-hybridized carbons (Fsp3) is 0.190. The number of amides is 3. The fourth-order valence-corrected chi connectivity index (χ4v) is 3.78. The summed E-state index contributed by atoms with van der Waals surface area (Å²) in [7, 11) is 1.78. The number of rotatable bonds is 3. The second-order valence-corrected chi connectivity index (χ2v) is 7.86. The molecule has 0 atom stereocenters. The molecule has 7 nitrogen and oxygen atoms in total. The van der Waals surface area contributed by atoms with Gasteiger partial charge in [-0.05, 0) is 30.3 Å². The van der Waals surface area contributed by atoms with Gasteiger partial charge in [-0.25, -0.2) is 9.18 Å². The molecule has 3 amide bonds.